The van der Waals surface area contributed by atoms with E-state index in [2.05, 4.69) is 5.32 Å². The number of hydrogen-bond acceptors (Lipinski definition) is 4. The van der Waals surface area contributed by atoms with E-state index in [9.17, 15) is 20.1 Å². The number of aliphatic hydroxyl groups is 2. The molecule has 0 saturated carbocycles. The number of benzene rings is 2. The lowest BCUT2D eigenvalue weighted by molar-refractivity contribution is 0.0149. The van der Waals surface area contributed by atoms with Crippen LogP contribution in [0.5, 0.6) is 0 Å². The first kappa shape index (κ1) is 15.4. The van der Waals surface area contributed by atoms with Crippen molar-refractivity contribution in [2.45, 2.75) is 18.6 Å². The molecule has 0 aliphatic heterocycles. The standard InChI is InChI=1S/C16H19NO4/c1-17-9-8-14(18)15(19)12-6-2-5-11-10(12)4-3-7-13(11)16(20)21/h2-7,14-15,17-19H,8-9H2,1H3,(H,20,21). The van der Waals surface area contributed by atoms with Gasteiger partial charge in [-0.3, -0.25) is 0 Å². The number of nitrogens with one attached hydrogen (secondary N) is 1. The summed E-state index contributed by atoms with van der Waals surface area (Å²) in [5.41, 5.74) is 0.727. The van der Waals surface area contributed by atoms with E-state index >= 15 is 0 Å². The van der Waals surface area contributed by atoms with Gasteiger partial charge in [0.1, 0.15) is 6.10 Å². The van der Waals surface area contributed by atoms with Crippen molar-refractivity contribution in [2.24, 2.45) is 0 Å². The Kier molecular flexibility index (Phi) is 4.90. The summed E-state index contributed by atoms with van der Waals surface area (Å²) in [5, 5.41) is 33.7. The SMILES string of the molecule is CNCCC(O)C(O)c1cccc2c(C(=O)O)cccc12. The summed E-state index contributed by atoms with van der Waals surface area (Å²) in [5.74, 6) is -1.01. The molecule has 21 heavy (non-hydrogen) atoms. The van der Waals surface area contributed by atoms with Crippen LogP contribution < -0.4 is 5.32 Å². The lowest BCUT2D eigenvalue weighted by atomic mass is 9.94. The van der Waals surface area contributed by atoms with E-state index in [4.69, 9.17) is 0 Å². The zero-order valence-electron chi connectivity index (χ0n) is 11.8. The number of fused-ring (bicyclic) bond motifs is 1. The molecular formula is C16H19NO4. The van der Waals surface area contributed by atoms with E-state index in [1.54, 1.807) is 37.4 Å². The maximum atomic E-state index is 11.3. The van der Waals surface area contributed by atoms with Crippen LogP contribution in [0, 0.1) is 0 Å². The molecule has 0 spiro atoms. The summed E-state index contributed by atoms with van der Waals surface area (Å²) in [4.78, 5) is 11.3. The Morgan fingerprint density at radius 3 is 2.48 bits per heavy atom. The van der Waals surface area contributed by atoms with Gasteiger partial charge in [-0.2, -0.15) is 0 Å². The third-order valence-corrected chi connectivity index (χ3v) is 3.56. The summed E-state index contributed by atoms with van der Waals surface area (Å²) >= 11 is 0. The molecule has 112 valence electrons. The fourth-order valence-electron chi connectivity index (χ4n) is 2.44. The highest BCUT2D eigenvalue weighted by Gasteiger charge is 2.21. The Morgan fingerprint density at radius 2 is 1.81 bits per heavy atom. The predicted octanol–water partition coefficient (Wildman–Crippen LogP) is 1.54. The van der Waals surface area contributed by atoms with Crippen molar-refractivity contribution < 1.29 is 20.1 Å². The Labute approximate surface area is 122 Å². The van der Waals surface area contributed by atoms with Crippen LogP contribution in [-0.2, 0) is 0 Å². The Hall–Kier alpha value is -1.95. The van der Waals surface area contributed by atoms with Gasteiger partial charge in [0.05, 0.1) is 11.7 Å². The van der Waals surface area contributed by atoms with Crippen molar-refractivity contribution in [1.29, 1.82) is 0 Å². The van der Waals surface area contributed by atoms with Gasteiger partial charge in [0.15, 0.2) is 0 Å². The Bertz CT molecular complexity index is 641. The fraction of sp³-hybridized carbons (Fsp3) is 0.312. The molecule has 0 amide bonds. The number of carboxylic acid groups (broad SMARTS) is 1. The van der Waals surface area contributed by atoms with Gasteiger partial charge >= 0.3 is 5.97 Å². The number of hydrogen-bond donors (Lipinski definition) is 4. The van der Waals surface area contributed by atoms with Crippen molar-refractivity contribution in [1.82, 2.24) is 5.32 Å². The zero-order chi connectivity index (χ0) is 15.4. The van der Waals surface area contributed by atoms with Gasteiger partial charge in [0.2, 0.25) is 0 Å². The summed E-state index contributed by atoms with van der Waals surface area (Å²) in [6, 6.07) is 10.0. The first-order chi connectivity index (χ1) is 10.1. The van der Waals surface area contributed by atoms with E-state index in [1.165, 1.54) is 6.07 Å². The smallest absolute Gasteiger partial charge is 0.336 e. The molecule has 0 aliphatic carbocycles. The molecule has 5 nitrogen and oxygen atoms in total. The minimum absolute atomic E-state index is 0.186. The molecule has 0 saturated heterocycles. The van der Waals surface area contributed by atoms with Crippen LogP contribution in [0.25, 0.3) is 10.8 Å². The summed E-state index contributed by atoms with van der Waals surface area (Å²) in [7, 11) is 1.77. The molecule has 2 unspecified atom stereocenters. The number of aliphatic hydroxyl groups excluding tert-OH is 2. The molecule has 4 N–H and O–H groups in total. The fourth-order valence-corrected chi connectivity index (χ4v) is 2.44. The maximum Gasteiger partial charge on any atom is 0.336 e. The molecule has 2 atom stereocenters. The zero-order valence-corrected chi connectivity index (χ0v) is 11.8. The van der Waals surface area contributed by atoms with E-state index < -0.39 is 18.2 Å². The first-order valence-electron chi connectivity index (χ1n) is 6.82. The average molecular weight is 289 g/mol. The molecule has 0 bridgehead atoms. The van der Waals surface area contributed by atoms with Crippen molar-refractivity contribution in [2.75, 3.05) is 13.6 Å². The summed E-state index contributed by atoms with van der Waals surface area (Å²) in [6.07, 6.45) is -1.55. The second-order valence-corrected chi connectivity index (χ2v) is 4.96. The van der Waals surface area contributed by atoms with Crippen LogP contribution in [0.3, 0.4) is 0 Å². The summed E-state index contributed by atoms with van der Waals surface area (Å²) in [6.45, 7) is 0.587. The molecule has 2 rings (SSSR count). The highest BCUT2D eigenvalue weighted by Crippen LogP contribution is 2.29. The maximum absolute atomic E-state index is 11.3. The highest BCUT2D eigenvalue weighted by molar-refractivity contribution is 6.04. The Morgan fingerprint density at radius 1 is 1.14 bits per heavy atom. The molecule has 0 aromatic heterocycles. The van der Waals surface area contributed by atoms with Crippen LogP contribution in [0.2, 0.25) is 0 Å². The molecule has 0 aliphatic rings. The topological polar surface area (TPSA) is 89.8 Å². The molecule has 2 aromatic carbocycles. The van der Waals surface area contributed by atoms with Crippen LogP contribution in [0.4, 0.5) is 0 Å². The van der Waals surface area contributed by atoms with Gasteiger partial charge in [-0.05, 0) is 42.4 Å². The van der Waals surface area contributed by atoms with Crippen molar-refractivity contribution in [3.8, 4) is 0 Å². The monoisotopic (exact) mass is 289 g/mol. The second-order valence-electron chi connectivity index (χ2n) is 4.96. The lowest BCUT2D eigenvalue weighted by Gasteiger charge is -2.20. The van der Waals surface area contributed by atoms with Gasteiger partial charge in [-0.15, -0.1) is 0 Å². The summed E-state index contributed by atoms with van der Waals surface area (Å²) < 4.78 is 0. The van der Waals surface area contributed by atoms with Gasteiger partial charge in [-0.1, -0.05) is 30.3 Å². The van der Waals surface area contributed by atoms with Gasteiger partial charge < -0.3 is 20.6 Å². The van der Waals surface area contributed by atoms with Gasteiger partial charge in [0, 0.05) is 0 Å². The average Bonchev–Trinajstić information content (AvgIpc) is 2.50. The quantitative estimate of drug-likeness (QED) is 0.648. The molecule has 0 radical (unpaired) electrons. The second kappa shape index (κ2) is 6.67. The van der Waals surface area contributed by atoms with E-state index in [-0.39, 0.29) is 5.56 Å². The van der Waals surface area contributed by atoms with E-state index in [0.717, 1.165) is 0 Å². The number of rotatable bonds is 6. The van der Waals surface area contributed by atoms with Gasteiger partial charge in [-0.25, -0.2) is 4.79 Å². The lowest BCUT2D eigenvalue weighted by Crippen LogP contribution is -2.23. The van der Waals surface area contributed by atoms with E-state index in [0.29, 0.717) is 29.3 Å². The number of carbonyl (C=O) groups is 1. The third-order valence-electron chi connectivity index (χ3n) is 3.56. The van der Waals surface area contributed by atoms with Crippen molar-refractivity contribution in [3.05, 3.63) is 47.5 Å². The van der Waals surface area contributed by atoms with Crippen molar-refractivity contribution >= 4 is 16.7 Å². The van der Waals surface area contributed by atoms with Crippen LogP contribution in [-0.4, -0.2) is 41.0 Å². The Balaban J connectivity index is 2.45. The number of aromatic carboxylic acids is 1. The molecule has 5 heteroatoms. The normalized spacial score (nSPS) is 14.0. The molecule has 0 fully saturated rings. The third kappa shape index (κ3) is 3.21. The largest absolute Gasteiger partial charge is 0.478 e. The van der Waals surface area contributed by atoms with Crippen LogP contribution in [0.15, 0.2) is 36.4 Å². The molecule has 2 aromatic rings. The number of carboxylic acids is 1. The first-order valence-corrected chi connectivity index (χ1v) is 6.82. The minimum atomic E-state index is -1.05. The van der Waals surface area contributed by atoms with E-state index in [1.807, 2.05) is 0 Å². The van der Waals surface area contributed by atoms with Gasteiger partial charge in [0.25, 0.3) is 0 Å². The van der Waals surface area contributed by atoms with Crippen molar-refractivity contribution in [3.63, 3.8) is 0 Å². The molecular weight excluding hydrogens is 270 g/mol. The minimum Gasteiger partial charge on any atom is -0.478 e. The highest BCUT2D eigenvalue weighted by atomic mass is 16.4. The van der Waals surface area contributed by atoms with Crippen LogP contribution >= 0.6 is 0 Å². The van der Waals surface area contributed by atoms with Crippen LogP contribution in [0.1, 0.15) is 28.4 Å². The molecule has 0 heterocycles. The predicted molar refractivity (Wildman–Crippen MR) is 80.4 cm³/mol.